The number of hydrogen-bond acceptors (Lipinski definition) is 5. The standard InChI is InChI=1S/C24H28N4O2S.HI/c1-17-8-9-19(22(12-17)30-21-10-11-29-15-21)13-26-24(25-2)27-14-20-16-31-23(28-20)18-6-4-3-5-7-18;/h3-9,12,16,21H,10-11,13-15H2,1-2H3,(H2,25,26,27);1H. The van der Waals surface area contributed by atoms with Crippen molar-refractivity contribution in [1.29, 1.82) is 0 Å². The van der Waals surface area contributed by atoms with E-state index in [0.29, 0.717) is 19.7 Å². The van der Waals surface area contributed by atoms with Crippen LogP contribution < -0.4 is 15.4 Å². The number of rotatable bonds is 7. The molecule has 170 valence electrons. The zero-order valence-electron chi connectivity index (χ0n) is 18.3. The fourth-order valence-electron chi connectivity index (χ4n) is 3.38. The van der Waals surface area contributed by atoms with E-state index in [2.05, 4.69) is 58.3 Å². The Morgan fingerprint density at radius 3 is 2.75 bits per heavy atom. The molecular formula is C24H29IN4O2S. The quantitative estimate of drug-likeness (QED) is 0.246. The molecule has 1 atom stereocenters. The third-order valence-electron chi connectivity index (χ3n) is 5.08. The van der Waals surface area contributed by atoms with Crippen molar-refractivity contribution in [1.82, 2.24) is 15.6 Å². The summed E-state index contributed by atoms with van der Waals surface area (Å²) in [6.45, 7) is 4.73. The maximum atomic E-state index is 6.19. The van der Waals surface area contributed by atoms with E-state index in [4.69, 9.17) is 14.5 Å². The van der Waals surface area contributed by atoms with Crippen LogP contribution in [0.4, 0.5) is 0 Å². The number of guanidine groups is 1. The van der Waals surface area contributed by atoms with Crippen LogP contribution in [0.5, 0.6) is 5.75 Å². The molecule has 1 aliphatic rings. The summed E-state index contributed by atoms with van der Waals surface area (Å²) in [7, 11) is 1.77. The van der Waals surface area contributed by atoms with Gasteiger partial charge in [0.15, 0.2) is 5.96 Å². The number of hydrogen-bond donors (Lipinski definition) is 2. The minimum atomic E-state index is 0. The van der Waals surface area contributed by atoms with E-state index in [1.54, 1.807) is 18.4 Å². The van der Waals surface area contributed by atoms with Gasteiger partial charge in [-0.2, -0.15) is 0 Å². The first-order valence-electron chi connectivity index (χ1n) is 10.5. The van der Waals surface area contributed by atoms with E-state index in [1.807, 2.05) is 18.2 Å². The van der Waals surface area contributed by atoms with Gasteiger partial charge in [0.1, 0.15) is 16.9 Å². The molecule has 8 heteroatoms. The molecule has 3 aromatic rings. The second kappa shape index (κ2) is 12.2. The van der Waals surface area contributed by atoms with Crippen LogP contribution in [0.15, 0.2) is 58.9 Å². The molecule has 0 radical (unpaired) electrons. The van der Waals surface area contributed by atoms with Gasteiger partial charge in [-0.25, -0.2) is 4.98 Å². The number of aliphatic imine (C=N–C) groups is 1. The number of aromatic nitrogens is 1. The van der Waals surface area contributed by atoms with Crippen LogP contribution in [-0.4, -0.2) is 37.3 Å². The summed E-state index contributed by atoms with van der Waals surface area (Å²) < 4.78 is 11.6. The van der Waals surface area contributed by atoms with Crippen LogP contribution >= 0.6 is 35.3 Å². The van der Waals surface area contributed by atoms with Crippen molar-refractivity contribution in [2.45, 2.75) is 32.5 Å². The number of aryl methyl sites for hydroxylation is 1. The van der Waals surface area contributed by atoms with E-state index < -0.39 is 0 Å². The Morgan fingerprint density at radius 2 is 2.00 bits per heavy atom. The smallest absolute Gasteiger partial charge is 0.191 e. The summed E-state index contributed by atoms with van der Waals surface area (Å²) in [5, 5.41) is 9.84. The number of benzene rings is 2. The Bertz CT molecular complexity index is 1020. The summed E-state index contributed by atoms with van der Waals surface area (Å²) in [4.78, 5) is 9.07. The number of ether oxygens (including phenoxy) is 2. The van der Waals surface area contributed by atoms with Gasteiger partial charge in [-0.3, -0.25) is 4.99 Å². The van der Waals surface area contributed by atoms with Gasteiger partial charge in [0, 0.05) is 36.5 Å². The molecule has 1 fully saturated rings. The molecule has 0 spiro atoms. The summed E-state index contributed by atoms with van der Waals surface area (Å²) in [6, 6.07) is 16.5. The van der Waals surface area contributed by atoms with Crippen molar-refractivity contribution < 1.29 is 9.47 Å². The predicted molar refractivity (Wildman–Crippen MR) is 141 cm³/mol. The second-order valence-corrected chi connectivity index (χ2v) is 8.36. The number of nitrogens with one attached hydrogen (secondary N) is 2. The Labute approximate surface area is 210 Å². The lowest BCUT2D eigenvalue weighted by Crippen LogP contribution is -2.36. The first-order valence-corrected chi connectivity index (χ1v) is 11.4. The van der Waals surface area contributed by atoms with Gasteiger partial charge in [-0.1, -0.05) is 42.5 Å². The number of thiazole rings is 1. The summed E-state index contributed by atoms with van der Waals surface area (Å²) >= 11 is 1.65. The Morgan fingerprint density at radius 1 is 1.19 bits per heavy atom. The van der Waals surface area contributed by atoms with Gasteiger partial charge in [0.05, 0.1) is 25.5 Å². The van der Waals surface area contributed by atoms with Crippen molar-refractivity contribution in [3.05, 3.63) is 70.7 Å². The molecule has 1 saturated heterocycles. The molecule has 1 aromatic heterocycles. The second-order valence-electron chi connectivity index (χ2n) is 7.50. The molecule has 1 unspecified atom stereocenters. The molecule has 6 nitrogen and oxygen atoms in total. The fourth-order valence-corrected chi connectivity index (χ4v) is 4.20. The van der Waals surface area contributed by atoms with Crippen LogP contribution in [0.1, 0.15) is 23.2 Å². The van der Waals surface area contributed by atoms with E-state index in [1.165, 1.54) is 5.56 Å². The van der Waals surface area contributed by atoms with Crippen molar-refractivity contribution in [2.24, 2.45) is 4.99 Å². The average molecular weight is 564 g/mol. The predicted octanol–water partition coefficient (Wildman–Crippen LogP) is 4.77. The Kier molecular flexibility index (Phi) is 9.31. The lowest BCUT2D eigenvalue weighted by atomic mass is 10.1. The molecule has 2 aromatic carbocycles. The van der Waals surface area contributed by atoms with Gasteiger partial charge < -0.3 is 20.1 Å². The first-order chi connectivity index (χ1) is 15.2. The topological polar surface area (TPSA) is 67.8 Å². The lowest BCUT2D eigenvalue weighted by molar-refractivity contribution is 0.140. The Balaban J connectivity index is 0.00000289. The summed E-state index contributed by atoms with van der Waals surface area (Å²) in [6.07, 6.45) is 1.06. The maximum absolute atomic E-state index is 6.19. The highest BCUT2D eigenvalue weighted by Gasteiger charge is 2.18. The summed E-state index contributed by atoms with van der Waals surface area (Å²) in [5.41, 5.74) is 4.41. The van der Waals surface area contributed by atoms with E-state index >= 15 is 0 Å². The van der Waals surface area contributed by atoms with Crippen molar-refractivity contribution in [2.75, 3.05) is 20.3 Å². The van der Waals surface area contributed by atoms with Crippen molar-refractivity contribution >= 4 is 41.3 Å². The largest absolute Gasteiger partial charge is 0.488 e. The lowest BCUT2D eigenvalue weighted by Gasteiger charge is -2.18. The summed E-state index contributed by atoms with van der Waals surface area (Å²) in [5.74, 6) is 1.63. The highest BCUT2D eigenvalue weighted by molar-refractivity contribution is 14.0. The monoisotopic (exact) mass is 564 g/mol. The molecular weight excluding hydrogens is 535 g/mol. The van der Waals surface area contributed by atoms with Gasteiger partial charge in [-0.15, -0.1) is 35.3 Å². The van der Waals surface area contributed by atoms with Gasteiger partial charge in [0.25, 0.3) is 0 Å². The first kappa shape index (κ1) is 24.5. The molecule has 0 amide bonds. The van der Waals surface area contributed by atoms with Crippen LogP contribution in [0, 0.1) is 6.92 Å². The molecule has 0 aliphatic carbocycles. The molecule has 1 aliphatic heterocycles. The van der Waals surface area contributed by atoms with Gasteiger partial charge in [-0.05, 0) is 18.6 Å². The van der Waals surface area contributed by atoms with Crippen molar-refractivity contribution in [3.8, 4) is 16.3 Å². The molecule has 2 heterocycles. The molecule has 4 rings (SSSR count). The van der Waals surface area contributed by atoms with Crippen molar-refractivity contribution in [3.63, 3.8) is 0 Å². The van der Waals surface area contributed by atoms with Gasteiger partial charge >= 0.3 is 0 Å². The van der Waals surface area contributed by atoms with Crippen LogP contribution in [-0.2, 0) is 17.8 Å². The highest BCUT2D eigenvalue weighted by atomic mass is 127. The number of halogens is 1. The van der Waals surface area contributed by atoms with E-state index in [-0.39, 0.29) is 30.1 Å². The SMILES string of the molecule is CN=C(NCc1csc(-c2ccccc2)n1)NCc1ccc(C)cc1OC1CCOC1.I. The van der Waals surface area contributed by atoms with Crippen LogP contribution in [0.25, 0.3) is 10.6 Å². The minimum Gasteiger partial charge on any atom is -0.488 e. The fraction of sp³-hybridized carbons (Fsp3) is 0.333. The van der Waals surface area contributed by atoms with E-state index in [9.17, 15) is 0 Å². The molecule has 0 saturated carbocycles. The molecule has 2 N–H and O–H groups in total. The van der Waals surface area contributed by atoms with Crippen LogP contribution in [0.3, 0.4) is 0 Å². The molecule has 0 bridgehead atoms. The third kappa shape index (κ3) is 6.66. The zero-order chi connectivity index (χ0) is 21.5. The maximum Gasteiger partial charge on any atom is 0.191 e. The molecule has 32 heavy (non-hydrogen) atoms. The minimum absolute atomic E-state index is 0. The van der Waals surface area contributed by atoms with Gasteiger partial charge in [0.2, 0.25) is 0 Å². The average Bonchev–Trinajstić information content (AvgIpc) is 3.48. The van der Waals surface area contributed by atoms with Crippen LogP contribution in [0.2, 0.25) is 0 Å². The van der Waals surface area contributed by atoms with E-state index in [0.717, 1.165) is 46.6 Å². The normalized spacial score (nSPS) is 15.8. The number of nitrogens with zero attached hydrogens (tertiary/aromatic N) is 2. The highest BCUT2D eigenvalue weighted by Crippen LogP contribution is 2.24. The zero-order valence-corrected chi connectivity index (χ0v) is 21.5. The third-order valence-corrected chi connectivity index (χ3v) is 6.02. The Hall–Kier alpha value is -2.17.